The number of aliphatic hydroxyl groups is 1. The summed E-state index contributed by atoms with van der Waals surface area (Å²) in [6.07, 6.45) is 10.9. The Morgan fingerprint density at radius 1 is 1.25 bits per heavy atom. The summed E-state index contributed by atoms with van der Waals surface area (Å²) < 4.78 is 6.38. The summed E-state index contributed by atoms with van der Waals surface area (Å²) >= 11 is 0. The molecule has 3 heterocycles. The molecule has 5 N–H and O–H groups in total. The van der Waals surface area contributed by atoms with Crippen LogP contribution >= 0.6 is 0 Å². The van der Waals surface area contributed by atoms with E-state index in [-0.39, 0.29) is 19.0 Å². The van der Waals surface area contributed by atoms with Crippen LogP contribution in [0.25, 0.3) is 0 Å². The van der Waals surface area contributed by atoms with Crippen molar-refractivity contribution >= 4 is 15.7 Å². The predicted molar refractivity (Wildman–Crippen MR) is 129 cm³/mol. The summed E-state index contributed by atoms with van der Waals surface area (Å²) in [5.41, 5.74) is 1.61. The summed E-state index contributed by atoms with van der Waals surface area (Å²) in [6.45, 7) is 5.45. The van der Waals surface area contributed by atoms with Gasteiger partial charge in [-0.25, -0.2) is 0 Å². The number of nitrogens with one attached hydrogen (secondary N) is 4. The van der Waals surface area contributed by atoms with Crippen LogP contribution in [0, 0.1) is 11.8 Å². The van der Waals surface area contributed by atoms with Crippen LogP contribution in [0.15, 0.2) is 11.6 Å². The van der Waals surface area contributed by atoms with Crippen molar-refractivity contribution in [3.63, 3.8) is 0 Å². The van der Waals surface area contributed by atoms with Crippen molar-refractivity contribution in [1.82, 2.24) is 26.2 Å². The van der Waals surface area contributed by atoms with Gasteiger partial charge < -0.3 is 20.1 Å². The SMILES string of the molecule is [B]C([B])(O)CNC1CC(C)NC(NC2CC3CCCOC3C(C3=CCN(C)CCC3)C2)N1. The maximum atomic E-state index is 9.65. The monoisotopic (exact) mass is 441 g/mol. The van der Waals surface area contributed by atoms with E-state index in [1.807, 2.05) is 0 Å². The number of rotatable bonds is 6. The summed E-state index contributed by atoms with van der Waals surface area (Å²) in [6, 6.07) is 0.766. The number of fused-ring (bicyclic) bond motifs is 1. The van der Waals surface area contributed by atoms with E-state index in [9.17, 15) is 5.11 Å². The van der Waals surface area contributed by atoms with Crippen LogP contribution in [0.5, 0.6) is 0 Å². The lowest BCUT2D eigenvalue weighted by Crippen LogP contribution is -2.69. The van der Waals surface area contributed by atoms with Gasteiger partial charge in [0.05, 0.1) is 12.3 Å². The molecule has 3 fully saturated rings. The first-order chi connectivity index (χ1) is 15.3. The largest absolute Gasteiger partial charge is 0.408 e. The lowest BCUT2D eigenvalue weighted by Gasteiger charge is -2.47. The maximum absolute atomic E-state index is 9.65. The molecule has 4 aliphatic rings. The van der Waals surface area contributed by atoms with Crippen LogP contribution in [-0.2, 0) is 4.74 Å². The first-order valence-corrected chi connectivity index (χ1v) is 12.6. The molecule has 4 rings (SSSR count). The van der Waals surface area contributed by atoms with Gasteiger partial charge in [0.25, 0.3) is 0 Å². The Labute approximate surface area is 196 Å². The Bertz CT molecular complexity index is 646. The third kappa shape index (κ3) is 6.81. The van der Waals surface area contributed by atoms with Crippen LogP contribution in [0.2, 0.25) is 0 Å². The number of likely N-dealkylation sites (N-methyl/N-ethyl adjacent to an activating group) is 1. The van der Waals surface area contributed by atoms with Crippen LogP contribution in [0.4, 0.5) is 0 Å². The molecule has 4 radical (unpaired) electrons. The highest BCUT2D eigenvalue weighted by atomic mass is 16.5. The number of nitrogens with zero attached hydrogens (tertiary/aromatic N) is 1. The van der Waals surface area contributed by atoms with Crippen molar-refractivity contribution in [3.05, 3.63) is 11.6 Å². The van der Waals surface area contributed by atoms with Crippen LogP contribution in [0.1, 0.15) is 51.9 Å². The second-order valence-corrected chi connectivity index (χ2v) is 10.7. The summed E-state index contributed by atoms with van der Waals surface area (Å²) in [5, 5.41) is 22.3. The first kappa shape index (κ1) is 24.7. The molecule has 0 aromatic heterocycles. The Morgan fingerprint density at radius 3 is 2.91 bits per heavy atom. The highest BCUT2D eigenvalue weighted by molar-refractivity contribution is 6.39. The Morgan fingerprint density at radius 2 is 2.09 bits per heavy atom. The van der Waals surface area contributed by atoms with Crippen molar-refractivity contribution in [2.24, 2.45) is 11.8 Å². The van der Waals surface area contributed by atoms with Crippen molar-refractivity contribution in [2.75, 3.05) is 33.3 Å². The molecule has 1 aliphatic carbocycles. The van der Waals surface area contributed by atoms with E-state index >= 15 is 0 Å². The summed E-state index contributed by atoms with van der Waals surface area (Å²) in [7, 11) is 13.3. The standard InChI is InChI=1S/C23H41B2N5O2/c1-15-11-20(26-14-23(24,25)31)29-22(27-15)28-18-12-17-6-4-10-32-21(17)19(13-18)16-5-3-8-30(2)9-7-16/h7,15,17-22,26-29,31H,3-6,8-14H2,1-2H3. The molecular formula is C23H41B2N5O2. The number of hydrogen-bond donors (Lipinski definition) is 5. The summed E-state index contributed by atoms with van der Waals surface area (Å²) in [4.78, 5) is 2.42. The minimum Gasteiger partial charge on any atom is -0.408 e. The van der Waals surface area contributed by atoms with Gasteiger partial charge in [-0.1, -0.05) is 11.6 Å². The lowest BCUT2D eigenvalue weighted by atomic mass is 9.65. The van der Waals surface area contributed by atoms with Crippen molar-refractivity contribution in [2.45, 2.75) is 87.9 Å². The van der Waals surface area contributed by atoms with Gasteiger partial charge in [0.15, 0.2) is 0 Å². The highest BCUT2D eigenvalue weighted by Crippen LogP contribution is 2.42. The third-order valence-corrected chi connectivity index (χ3v) is 7.61. The molecule has 9 heteroatoms. The number of hydrogen-bond acceptors (Lipinski definition) is 7. The molecule has 7 atom stereocenters. The van der Waals surface area contributed by atoms with Crippen molar-refractivity contribution in [3.8, 4) is 0 Å². The van der Waals surface area contributed by atoms with E-state index in [1.54, 1.807) is 5.57 Å². The van der Waals surface area contributed by atoms with Gasteiger partial charge in [-0.05, 0) is 76.8 Å². The van der Waals surface area contributed by atoms with Gasteiger partial charge in [-0.15, -0.1) is 0 Å². The van der Waals surface area contributed by atoms with Gasteiger partial charge in [-0.3, -0.25) is 16.0 Å². The zero-order valence-corrected chi connectivity index (χ0v) is 19.9. The van der Waals surface area contributed by atoms with E-state index in [2.05, 4.69) is 46.2 Å². The van der Waals surface area contributed by atoms with E-state index in [4.69, 9.17) is 20.4 Å². The molecule has 0 spiro atoms. The Balaban J connectivity index is 1.40. The smallest absolute Gasteiger partial charge is 0.113 e. The maximum Gasteiger partial charge on any atom is 0.113 e. The van der Waals surface area contributed by atoms with Crippen molar-refractivity contribution in [1.29, 1.82) is 0 Å². The molecule has 176 valence electrons. The fraction of sp³-hybridized carbons (Fsp3) is 0.913. The van der Waals surface area contributed by atoms with Gasteiger partial charge in [0, 0.05) is 37.7 Å². The highest BCUT2D eigenvalue weighted by Gasteiger charge is 2.42. The zero-order valence-electron chi connectivity index (χ0n) is 19.9. The second kappa shape index (κ2) is 10.9. The number of ether oxygens (including phenoxy) is 1. The predicted octanol–water partition coefficient (Wildman–Crippen LogP) is -0.0444. The average Bonchev–Trinajstić information content (AvgIpc) is 2.95. The Hall–Kier alpha value is -0.410. The summed E-state index contributed by atoms with van der Waals surface area (Å²) in [5.74, 6) is 1.14. The molecule has 7 nitrogen and oxygen atoms in total. The molecule has 0 aromatic carbocycles. The molecule has 0 aromatic rings. The van der Waals surface area contributed by atoms with Crippen LogP contribution < -0.4 is 21.3 Å². The quantitative estimate of drug-likeness (QED) is 0.293. The van der Waals surface area contributed by atoms with Crippen LogP contribution in [-0.4, -0.2) is 95.0 Å². The molecule has 1 saturated carbocycles. The second-order valence-electron chi connectivity index (χ2n) is 10.7. The minimum absolute atomic E-state index is 0.000785. The molecule has 0 bridgehead atoms. The van der Waals surface area contributed by atoms with E-state index < -0.39 is 5.40 Å². The van der Waals surface area contributed by atoms with E-state index in [0.717, 1.165) is 32.4 Å². The molecule has 2 saturated heterocycles. The van der Waals surface area contributed by atoms with Gasteiger partial charge in [-0.2, -0.15) is 0 Å². The van der Waals surface area contributed by atoms with Crippen LogP contribution in [0.3, 0.4) is 0 Å². The zero-order chi connectivity index (χ0) is 22.7. The third-order valence-electron chi connectivity index (χ3n) is 7.61. The van der Waals surface area contributed by atoms with Gasteiger partial charge in [0.2, 0.25) is 0 Å². The fourth-order valence-corrected chi connectivity index (χ4v) is 6.10. The Kier molecular flexibility index (Phi) is 8.41. The fourth-order valence-electron chi connectivity index (χ4n) is 6.10. The molecule has 32 heavy (non-hydrogen) atoms. The molecular weight excluding hydrogens is 400 g/mol. The molecule has 3 aliphatic heterocycles. The minimum atomic E-state index is -1.70. The van der Waals surface area contributed by atoms with Gasteiger partial charge in [0.1, 0.15) is 22.0 Å². The topological polar surface area (TPSA) is 80.8 Å². The van der Waals surface area contributed by atoms with E-state index in [0.29, 0.717) is 30.0 Å². The lowest BCUT2D eigenvalue weighted by molar-refractivity contribution is -0.0798. The molecule has 0 amide bonds. The molecule has 7 unspecified atom stereocenters. The van der Waals surface area contributed by atoms with Crippen molar-refractivity contribution < 1.29 is 9.84 Å². The normalized spacial score (nSPS) is 39.7. The van der Waals surface area contributed by atoms with Gasteiger partial charge >= 0.3 is 0 Å². The average molecular weight is 441 g/mol. The first-order valence-electron chi connectivity index (χ1n) is 12.6. The van der Waals surface area contributed by atoms with E-state index in [1.165, 1.54) is 32.2 Å².